The lowest BCUT2D eigenvalue weighted by atomic mass is 10.1. The van der Waals surface area contributed by atoms with E-state index >= 15 is 0 Å². The molecule has 1 atom stereocenters. The Bertz CT molecular complexity index is 975. The molecule has 1 heterocycles. The van der Waals surface area contributed by atoms with E-state index in [2.05, 4.69) is 45.6 Å². The number of carbonyl (C=O) groups is 1. The van der Waals surface area contributed by atoms with Crippen LogP contribution in [0.25, 0.3) is 11.4 Å². The first-order valence-electron chi connectivity index (χ1n) is 8.58. The molecule has 1 aromatic heterocycles. The lowest BCUT2D eigenvalue weighted by molar-refractivity contribution is -0.115. The van der Waals surface area contributed by atoms with Crippen molar-refractivity contribution in [2.45, 2.75) is 30.7 Å². The van der Waals surface area contributed by atoms with Gasteiger partial charge in [-0.3, -0.25) is 9.89 Å². The molecule has 0 spiro atoms. The predicted molar refractivity (Wildman–Crippen MR) is 106 cm³/mol. The minimum Gasteiger partial charge on any atom is -0.325 e. The van der Waals surface area contributed by atoms with Gasteiger partial charge in [-0.25, -0.2) is 4.98 Å². The zero-order valence-corrected chi connectivity index (χ0v) is 15.9. The van der Waals surface area contributed by atoms with Crippen LogP contribution in [0.2, 0.25) is 0 Å². The predicted octanol–water partition coefficient (Wildman–Crippen LogP) is 4.03. The number of nitrogens with zero attached hydrogens (tertiary/aromatic N) is 3. The lowest BCUT2D eigenvalue weighted by Gasteiger charge is -2.10. The van der Waals surface area contributed by atoms with E-state index in [1.807, 2.05) is 12.1 Å². The fourth-order valence-electron chi connectivity index (χ4n) is 2.45. The molecule has 7 heteroatoms. The molecule has 0 fully saturated rings. The summed E-state index contributed by atoms with van der Waals surface area (Å²) in [5, 5.41) is 19.0. The Kier molecular flexibility index (Phi) is 5.89. The number of aryl methyl sites for hydroxylation is 1. The number of amides is 1. The molecule has 0 saturated heterocycles. The highest BCUT2D eigenvalue weighted by atomic mass is 32.2. The van der Waals surface area contributed by atoms with Crippen LogP contribution < -0.4 is 5.32 Å². The maximum atomic E-state index is 12.4. The summed E-state index contributed by atoms with van der Waals surface area (Å²) in [6, 6.07) is 17.0. The molecule has 0 aliphatic carbocycles. The van der Waals surface area contributed by atoms with Crippen molar-refractivity contribution in [1.29, 1.82) is 5.26 Å². The highest BCUT2D eigenvalue weighted by Gasteiger charge is 2.18. The molecule has 0 radical (unpaired) electrons. The van der Waals surface area contributed by atoms with E-state index in [0.29, 0.717) is 22.2 Å². The maximum Gasteiger partial charge on any atom is 0.237 e. The van der Waals surface area contributed by atoms with Crippen LogP contribution in [0.15, 0.2) is 53.7 Å². The molecule has 3 aromatic rings. The van der Waals surface area contributed by atoms with Crippen LogP contribution in [0.1, 0.15) is 25.0 Å². The number of aromatic nitrogens is 3. The second-order valence-corrected chi connectivity index (χ2v) is 7.27. The average molecular weight is 377 g/mol. The largest absolute Gasteiger partial charge is 0.325 e. The number of hydrogen-bond donors (Lipinski definition) is 2. The van der Waals surface area contributed by atoms with Crippen molar-refractivity contribution in [2.75, 3.05) is 5.32 Å². The second-order valence-electron chi connectivity index (χ2n) is 5.96. The van der Waals surface area contributed by atoms with Crippen molar-refractivity contribution >= 4 is 23.4 Å². The molecule has 136 valence electrons. The van der Waals surface area contributed by atoms with Gasteiger partial charge in [-0.15, -0.1) is 5.10 Å². The van der Waals surface area contributed by atoms with Gasteiger partial charge in [0.25, 0.3) is 0 Å². The summed E-state index contributed by atoms with van der Waals surface area (Å²) >= 11 is 1.27. The van der Waals surface area contributed by atoms with E-state index in [-0.39, 0.29) is 11.2 Å². The van der Waals surface area contributed by atoms with Crippen molar-refractivity contribution in [3.05, 3.63) is 59.7 Å². The summed E-state index contributed by atoms with van der Waals surface area (Å²) < 4.78 is 0. The van der Waals surface area contributed by atoms with Gasteiger partial charge in [-0.05, 0) is 37.1 Å². The van der Waals surface area contributed by atoms with E-state index < -0.39 is 0 Å². The van der Waals surface area contributed by atoms with Crippen LogP contribution >= 0.6 is 11.8 Å². The van der Waals surface area contributed by atoms with Gasteiger partial charge in [0.15, 0.2) is 5.82 Å². The Morgan fingerprint density at radius 1 is 1.30 bits per heavy atom. The van der Waals surface area contributed by atoms with Crippen LogP contribution in [-0.2, 0) is 11.2 Å². The number of H-pyrrole nitrogens is 1. The van der Waals surface area contributed by atoms with Gasteiger partial charge >= 0.3 is 0 Å². The Hall–Kier alpha value is -3.11. The third-order valence-corrected chi connectivity index (χ3v) is 4.97. The highest BCUT2D eigenvalue weighted by molar-refractivity contribution is 8.00. The van der Waals surface area contributed by atoms with Gasteiger partial charge in [0.1, 0.15) is 0 Å². The Morgan fingerprint density at radius 3 is 2.78 bits per heavy atom. The number of carbonyl (C=O) groups excluding carboxylic acids is 1. The SMILES string of the molecule is CCc1ccc(-c2nc(SC(C)C(=O)Nc3cccc(C#N)c3)n[nH]2)cc1. The Labute approximate surface area is 162 Å². The summed E-state index contributed by atoms with van der Waals surface area (Å²) in [6.07, 6.45) is 0.988. The van der Waals surface area contributed by atoms with E-state index in [4.69, 9.17) is 5.26 Å². The molecule has 0 aliphatic rings. The Morgan fingerprint density at radius 2 is 2.07 bits per heavy atom. The summed E-state index contributed by atoms with van der Waals surface area (Å²) in [4.78, 5) is 16.8. The minimum atomic E-state index is -0.387. The normalized spacial score (nSPS) is 11.6. The maximum absolute atomic E-state index is 12.4. The number of nitrogens with one attached hydrogen (secondary N) is 2. The molecule has 1 unspecified atom stereocenters. The number of benzene rings is 2. The molecule has 3 rings (SSSR count). The van der Waals surface area contributed by atoms with Crippen molar-refractivity contribution in [3.63, 3.8) is 0 Å². The van der Waals surface area contributed by atoms with Crippen LogP contribution in [0.4, 0.5) is 5.69 Å². The quantitative estimate of drug-likeness (QED) is 0.633. The zero-order chi connectivity index (χ0) is 19.2. The first kappa shape index (κ1) is 18.7. The fourth-order valence-corrected chi connectivity index (χ4v) is 3.17. The lowest BCUT2D eigenvalue weighted by Crippen LogP contribution is -2.22. The van der Waals surface area contributed by atoms with Crippen LogP contribution in [0.5, 0.6) is 0 Å². The molecule has 0 aliphatic heterocycles. The van der Waals surface area contributed by atoms with E-state index in [1.165, 1.54) is 17.3 Å². The molecule has 0 saturated carbocycles. The van der Waals surface area contributed by atoms with E-state index in [9.17, 15) is 4.79 Å². The average Bonchev–Trinajstić information content (AvgIpc) is 3.16. The first-order valence-corrected chi connectivity index (χ1v) is 9.46. The smallest absolute Gasteiger partial charge is 0.237 e. The number of hydrogen-bond acceptors (Lipinski definition) is 5. The zero-order valence-electron chi connectivity index (χ0n) is 15.1. The third kappa shape index (κ3) is 4.74. The van der Waals surface area contributed by atoms with Crippen LogP contribution in [0, 0.1) is 11.3 Å². The Balaban J connectivity index is 1.63. The monoisotopic (exact) mass is 377 g/mol. The number of rotatable bonds is 6. The number of thioether (sulfide) groups is 1. The summed E-state index contributed by atoms with van der Waals surface area (Å²) in [6.45, 7) is 3.90. The number of anilines is 1. The molecule has 2 aromatic carbocycles. The topological polar surface area (TPSA) is 94.5 Å². The van der Waals surface area contributed by atoms with Gasteiger partial charge < -0.3 is 5.32 Å². The molecule has 6 nitrogen and oxygen atoms in total. The van der Waals surface area contributed by atoms with Crippen molar-refractivity contribution in [2.24, 2.45) is 0 Å². The molecule has 27 heavy (non-hydrogen) atoms. The molecular formula is C20H19N5OS. The van der Waals surface area contributed by atoms with Crippen molar-refractivity contribution in [1.82, 2.24) is 15.2 Å². The summed E-state index contributed by atoms with van der Waals surface area (Å²) in [7, 11) is 0. The molecule has 1 amide bonds. The van der Waals surface area contributed by atoms with Crippen LogP contribution in [-0.4, -0.2) is 26.3 Å². The molecule has 0 bridgehead atoms. The second kappa shape index (κ2) is 8.52. The van der Waals surface area contributed by atoms with E-state index in [1.54, 1.807) is 31.2 Å². The fraction of sp³-hybridized carbons (Fsp3) is 0.200. The molecular weight excluding hydrogens is 358 g/mol. The number of nitriles is 1. The molecule has 2 N–H and O–H groups in total. The first-order chi connectivity index (χ1) is 13.1. The van der Waals surface area contributed by atoms with E-state index in [0.717, 1.165) is 12.0 Å². The number of aromatic amines is 1. The van der Waals surface area contributed by atoms with Crippen molar-refractivity contribution < 1.29 is 4.79 Å². The summed E-state index contributed by atoms with van der Waals surface area (Å²) in [5.74, 6) is 0.503. The standard InChI is InChI=1S/C20H19N5OS/c1-3-14-7-9-16(10-8-14)18-23-20(25-24-18)27-13(2)19(26)22-17-6-4-5-15(11-17)12-21/h4-11,13H,3H2,1-2H3,(H,22,26)(H,23,24,25). The minimum absolute atomic E-state index is 0.172. The highest BCUT2D eigenvalue weighted by Crippen LogP contribution is 2.24. The van der Waals surface area contributed by atoms with Crippen LogP contribution in [0.3, 0.4) is 0 Å². The van der Waals surface area contributed by atoms with Gasteiger partial charge in [0, 0.05) is 11.3 Å². The summed E-state index contributed by atoms with van der Waals surface area (Å²) in [5.41, 5.74) is 3.31. The third-order valence-electron chi connectivity index (χ3n) is 4.01. The van der Waals surface area contributed by atoms with Gasteiger partial charge in [0.05, 0.1) is 16.9 Å². The van der Waals surface area contributed by atoms with Crippen molar-refractivity contribution in [3.8, 4) is 17.5 Å². The van der Waals surface area contributed by atoms with Gasteiger partial charge in [0.2, 0.25) is 11.1 Å². The van der Waals surface area contributed by atoms with Gasteiger partial charge in [-0.1, -0.05) is 49.0 Å². The van der Waals surface area contributed by atoms with Gasteiger partial charge in [-0.2, -0.15) is 5.26 Å².